The summed E-state index contributed by atoms with van der Waals surface area (Å²) in [7, 11) is 0. The van der Waals surface area contributed by atoms with Gasteiger partial charge in [-0.1, -0.05) is 37.3 Å². The maximum Gasteiger partial charge on any atom is 0.163 e. The molecule has 3 heteroatoms. The first-order valence-electron chi connectivity index (χ1n) is 7.55. The number of fused-ring (bicyclic) bond motifs is 1. The fraction of sp³-hybridized carbons (Fsp3) is 0.333. The van der Waals surface area contributed by atoms with Gasteiger partial charge in [0.15, 0.2) is 11.5 Å². The lowest BCUT2D eigenvalue weighted by atomic mass is 10.0. The van der Waals surface area contributed by atoms with Crippen LogP contribution in [0.3, 0.4) is 0 Å². The standard InChI is InChI=1S/C18H21NO2/c1-2-15(12-14-6-4-3-5-7-14)19-16-8-9-17-18(13-16)21-11-10-20-17/h3-9,13,15,19H,2,10-12H2,1H3. The quantitative estimate of drug-likeness (QED) is 0.903. The minimum Gasteiger partial charge on any atom is -0.486 e. The highest BCUT2D eigenvalue weighted by molar-refractivity contribution is 5.55. The molecule has 2 aromatic rings. The average Bonchev–Trinajstić information content (AvgIpc) is 2.55. The van der Waals surface area contributed by atoms with Crippen LogP contribution in [0, 0.1) is 0 Å². The van der Waals surface area contributed by atoms with E-state index in [0.29, 0.717) is 19.3 Å². The van der Waals surface area contributed by atoms with Crippen LogP contribution in [0.15, 0.2) is 48.5 Å². The number of hydrogen-bond acceptors (Lipinski definition) is 3. The van der Waals surface area contributed by atoms with Crippen LogP contribution in [0.25, 0.3) is 0 Å². The summed E-state index contributed by atoms with van der Waals surface area (Å²) < 4.78 is 11.2. The Morgan fingerprint density at radius 2 is 1.76 bits per heavy atom. The molecule has 1 unspecified atom stereocenters. The van der Waals surface area contributed by atoms with Crippen molar-refractivity contribution in [3.8, 4) is 11.5 Å². The fourth-order valence-corrected chi connectivity index (χ4v) is 2.56. The molecule has 0 saturated heterocycles. The van der Waals surface area contributed by atoms with E-state index in [2.05, 4.69) is 48.6 Å². The van der Waals surface area contributed by atoms with Gasteiger partial charge in [-0.2, -0.15) is 0 Å². The minimum absolute atomic E-state index is 0.412. The Labute approximate surface area is 125 Å². The molecule has 3 rings (SSSR count). The highest BCUT2D eigenvalue weighted by Crippen LogP contribution is 2.33. The molecule has 2 aromatic carbocycles. The SMILES string of the molecule is CCC(Cc1ccccc1)Nc1ccc2c(c1)OCCO2. The van der Waals surface area contributed by atoms with Crippen LogP contribution in [0.2, 0.25) is 0 Å². The molecule has 3 nitrogen and oxygen atoms in total. The van der Waals surface area contributed by atoms with E-state index in [4.69, 9.17) is 9.47 Å². The smallest absolute Gasteiger partial charge is 0.163 e. The van der Waals surface area contributed by atoms with Crippen molar-refractivity contribution in [2.75, 3.05) is 18.5 Å². The second kappa shape index (κ2) is 6.53. The fourth-order valence-electron chi connectivity index (χ4n) is 2.56. The molecule has 0 fully saturated rings. The molecule has 1 N–H and O–H groups in total. The highest BCUT2D eigenvalue weighted by Gasteiger charge is 2.13. The topological polar surface area (TPSA) is 30.5 Å². The van der Waals surface area contributed by atoms with Crippen LogP contribution in [-0.4, -0.2) is 19.3 Å². The van der Waals surface area contributed by atoms with E-state index in [-0.39, 0.29) is 0 Å². The first-order chi connectivity index (χ1) is 10.3. The Morgan fingerprint density at radius 3 is 2.52 bits per heavy atom. The lowest BCUT2D eigenvalue weighted by Crippen LogP contribution is -2.21. The molecule has 21 heavy (non-hydrogen) atoms. The van der Waals surface area contributed by atoms with Crippen molar-refractivity contribution in [3.63, 3.8) is 0 Å². The first kappa shape index (κ1) is 13.8. The normalized spacial score (nSPS) is 14.5. The molecule has 1 heterocycles. The maximum absolute atomic E-state index is 5.63. The third-order valence-corrected chi connectivity index (χ3v) is 3.73. The molecule has 0 spiro atoms. The summed E-state index contributed by atoms with van der Waals surface area (Å²) in [5.41, 5.74) is 2.44. The molecule has 0 saturated carbocycles. The molecule has 1 aliphatic heterocycles. The first-order valence-corrected chi connectivity index (χ1v) is 7.55. The monoisotopic (exact) mass is 283 g/mol. The lowest BCUT2D eigenvalue weighted by molar-refractivity contribution is 0.171. The summed E-state index contributed by atoms with van der Waals surface area (Å²) in [4.78, 5) is 0. The predicted octanol–water partition coefficient (Wildman–Crippen LogP) is 3.89. The number of rotatable bonds is 5. The third-order valence-electron chi connectivity index (χ3n) is 3.73. The number of nitrogens with one attached hydrogen (secondary N) is 1. The second-order valence-corrected chi connectivity index (χ2v) is 5.30. The van der Waals surface area contributed by atoms with Crippen LogP contribution in [0.5, 0.6) is 11.5 Å². The van der Waals surface area contributed by atoms with Crippen molar-refractivity contribution >= 4 is 5.69 Å². The third kappa shape index (κ3) is 3.48. The largest absolute Gasteiger partial charge is 0.486 e. The molecule has 1 atom stereocenters. The Hall–Kier alpha value is -2.16. The van der Waals surface area contributed by atoms with Crippen LogP contribution < -0.4 is 14.8 Å². The Kier molecular flexibility index (Phi) is 4.29. The van der Waals surface area contributed by atoms with E-state index in [1.54, 1.807) is 0 Å². The van der Waals surface area contributed by atoms with Gasteiger partial charge in [0.05, 0.1) is 0 Å². The van der Waals surface area contributed by atoms with Crippen LogP contribution >= 0.6 is 0 Å². The maximum atomic E-state index is 5.63. The predicted molar refractivity (Wildman–Crippen MR) is 85.3 cm³/mol. The van der Waals surface area contributed by atoms with Crippen LogP contribution in [-0.2, 0) is 6.42 Å². The zero-order valence-electron chi connectivity index (χ0n) is 12.3. The number of anilines is 1. The molecule has 0 bridgehead atoms. The summed E-state index contributed by atoms with van der Waals surface area (Å²) in [6, 6.07) is 17.1. The Balaban J connectivity index is 1.69. The molecule has 0 radical (unpaired) electrons. The van der Waals surface area contributed by atoms with Crippen molar-refractivity contribution in [2.24, 2.45) is 0 Å². The number of benzene rings is 2. The highest BCUT2D eigenvalue weighted by atomic mass is 16.6. The van der Waals surface area contributed by atoms with Gasteiger partial charge in [0.1, 0.15) is 13.2 Å². The van der Waals surface area contributed by atoms with E-state index in [1.165, 1.54) is 5.56 Å². The zero-order valence-corrected chi connectivity index (χ0v) is 12.3. The summed E-state index contributed by atoms with van der Waals surface area (Å²) in [6.07, 6.45) is 2.09. The molecule has 0 aliphatic carbocycles. The van der Waals surface area contributed by atoms with E-state index in [0.717, 1.165) is 30.0 Å². The van der Waals surface area contributed by atoms with Crippen molar-refractivity contribution in [1.29, 1.82) is 0 Å². The molecular weight excluding hydrogens is 262 g/mol. The second-order valence-electron chi connectivity index (χ2n) is 5.30. The summed E-state index contributed by atoms with van der Waals surface area (Å²) in [5, 5.41) is 3.59. The van der Waals surface area contributed by atoms with Gasteiger partial charge in [-0.05, 0) is 30.5 Å². The molecule has 1 aliphatic rings. The van der Waals surface area contributed by atoms with Gasteiger partial charge < -0.3 is 14.8 Å². The van der Waals surface area contributed by atoms with Gasteiger partial charge >= 0.3 is 0 Å². The average molecular weight is 283 g/mol. The van der Waals surface area contributed by atoms with E-state index < -0.39 is 0 Å². The van der Waals surface area contributed by atoms with Gasteiger partial charge in [-0.3, -0.25) is 0 Å². The molecule has 0 amide bonds. The minimum atomic E-state index is 0.412. The zero-order chi connectivity index (χ0) is 14.5. The summed E-state index contributed by atoms with van der Waals surface area (Å²) in [6.45, 7) is 3.46. The molecular formula is C18H21NO2. The van der Waals surface area contributed by atoms with E-state index >= 15 is 0 Å². The van der Waals surface area contributed by atoms with Crippen molar-refractivity contribution in [3.05, 3.63) is 54.1 Å². The van der Waals surface area contributed by atoms with Crippen LogP contribution in [0.4, 0.5) is 5.69 Å². The number of hydrogen-bond donors (Lipinski definition) is 1. The Bertz CT molecular complexity index is 583. The van der Waals surface area contributed by atoms with Crippen molar-refractivity contribution < 1.29 is 9.47 Å². The summed E-state index contributed by atoms with van der Waals surface area (Å²) >= 11 is 0. The van der Waals surface area contributed by atoms with Gasteiger partial charge in [-0.25, -0.2) is 0 Å². The molecule has 0 aromatic heterocycles. The lowest BCUT2D eigenvalue weighted by Gasteiger charge is -2.22. The summed E-state index contributed by atoms with van der Waals surface area (Å²) in [5.74, 6) is 1.67. The van der Waals surface area contributed by atoms with E-state index in [9.17, 15) is 0 Å². The van der Waals surface area contributed by atoms with Gasteiger partial charge in [0.2, 0.25) is 0 Å². The van der Waals surface area contributed by atoms with Gasteiger partial charge in [0.25, 0.3) is 0 Å². The van der Waals surface area contributed by atoms with E-state index in [1.807, 2.05) is 12.1 Å². The number of ether oxygens (including phenoxy) is 2. The van der Waals surface area contributed by atoms with Crippen molar-refractivity contribution in [2.45, 2.75) is 25.8 Å². The molecule has 110 valence electrons. The van der Waals surface area contributed by atoms with Gasteiger partial charge in [-0.15, -0.1) is 0 Å². The Morgan fingerprint density at radius 1 is 1.00 bits per heavy atom. The van der Waals surface area contributed by atoms with Crippen molar-refractivity contribution in [1.82, 2.24) is 0 Å². The van der Waals surface area contributed by atoms with Gasteiger partial charge in [0, 0.05) is 17.8 Å². The van der Waals surface area contributed by atoms with Crippen LogP contribution in [0.1, 0.15) is 18.9 Å².